The van der Waals surface area contributed by atoms with Gasteiger partial charge in [-0.25, -0.2) is 4.39 Å². The SMILES string of the molecule is COc1cc(C(=O)N[C@@H](CC(=O)O)c2ccccc2C)nn1-c1ccccc1F. The Kier molecular flexibility index (Phi) is 5.92. The summed E-state index contributed by atoms with van der Waals surface area (Å²) in [7, 11) is 1.39. The smallest absolute Gasteiger partial charge is 0.305 e. The molecule has 1 atom stereocenters. The largest absolute Gasteiger partial charge is 0.481 e. The molecule has 8 heteroatoms. The van der Waals surface area contributed by atoms with E-state index >= 15 is 0 Å². The van der Waals surface area contributed by atoms with E-state index in [1.165, 1.54) is 30.0 Å². The van der Waals surface area contributed by atoms with Crippen molar-refractivity contribution in [1.82, 2.24) is 15.1 Å². The van der Waals surface area contributed by atoms with Crippen LogP contribution in [-0.4, -0.2) is 33.9 Å². The number of hydrogen-bond donors (Lipinski definition) is 2. The Morgan fingerprint density at radius 1 is 1.21 bits per heavy atom. The highest BCUT2D eigenvalue weighted by Gasteiger charge is 2.23. The van der Waals surface area contributed by atoms with E-state index in [9.17, 15) is 19.1 Å². The predicted molar refractivity (Wildman–Crippen MR) is 104 cm³/mol. The number of aromatic nitrogens is 2. The maximum absolute atomic E-state index is 14.1. The maximum atomic E-state index is 14.1. The number of carboxylic acids is 1. The van der Waals surface area contributed by atoms with Crippen LogP contribution in [0.2, 0.25) is 0 Å². The zero-order chi connectivity index (χ0) is 21.0. The fourth-order valence-electron chi connectivity index (χ4n) is 3.04. The molecule has 0 radical (unpaired) electrons. The molecule has 0 spiro atoms. The summed E-state index contributed by atoms with van der Waals surface area (Å²) in [6.07, 6.45) is -0.290. The molecule has 0 aliphatic carbocycles. The molecule has 0 aliphatic heterocycles. The minimum absolute atomic E-state index is 0.0194. The first-order chi connectivity index (χ1) is 13.9. The van der Waals surface area contributed by atoms with E-state index in [1.54, 1.807) is 24.3 Å². The molecule has 0 bridgehead atoms. The molecular formula is C21H20FN3O4. The second-order valence-electron chi connectivity index (χ2n) is 6.42. The van der Waals surface area contributed by atoms with Crippen molar-refractivity contribution in [1.29, 1.82) is 0 Å². The number of aliphatic carboxylic acids is 1. The normalized spacial score (nSPS) is 11.7. The maximum Gasteiger partial charge on any atom is 0.305 e. The van der Waals surface area contributed by atoms with Gasteiger partial charge in [0.05, 0.1) is 19.6 Å². The second kappa shape index (κ2) is 8.55. The molecule has 1 amide bonds. The van der Waals surface area contributed by atoms with E-state index in [1.807, 2.05) is 19.1 Å². The van der Waals surface area contributed by atoms with Crippen LogP contribution in [0.1, 0.15) is 34.1 Å². The van der Waals surface area contributed by atoms with Crippen molar-refractivity contribution in [3.63, 3.8) is 0 Å². The van der Waals surface area contributed by atoms with E-state index in [2.05, 4.69) is 10.4 Å². The quantitative estimate of drug-likeness (QED) is 0.638. The molecule has 0 unspecified atom stereocenters. The van der Waals surface area contributed by atoms with Gasteiger partial charge in [-0.15, -0.1) is 0 Å². The van der Waals surface area contributed by atoms with Crippen LogP contribution in [0.3, 0.4) is 0 Å². The number of para-hydroxylation sites is 1. The summed E-state index contributed by atoms with van der Waals surface area (Å²) in [5.41, 5.74) is 1.66. The van der Waals surface area contributed by atoms with Gasteiger partial charge in [0.2, 0.25) is 5.88 Å². The summed E-state index contributed by atoms with van der Waals surface area (Å²) in [5.74, 6) is -1.99. The lowest BCUT2D eigenvalue weighted by molar-refractivity contribution is -0.137. The highest BCUT2D eigenvalue weighted by atomic mass is 19.1. The molecule has 0 fully saturated rings. The lowest BCUT2D eigenvalue weighted by Gasteiger charge is -2.18. The average Bonchev–Trinajstić information content (AvgIpc) is 3.12. The van der Waals surface area contributed by atoms with Gasteiger partial charge in [-0.2, -0.15) is 9.78 Å². The number of carbonyl (C=O) groups excluding carboxylic acids is 1. The van der Waals surface area contributed by atoms with Gasteiger partial charge in [-0.05, 0) is 30.2 Å². The standard InChI is InChI=1S/C21H20FN3O4/c1-13-7-3-4-8-14(13)16(12-20(26)27)23-21(28)17-11-19(29-2)25(24-17)18-10-6-5-9-15(18)22/h3-11,16H,12H2,1-2H3,(H,23,28)(H,26,27)/t16-/m0/s1. The molecule has 1 heterocycles. The van der Waals surface area contributed by atoms with Gasteiger partial charge < -0.3 is 15.2 Å². The third-order valence-electron chi connectivity index (χ3n) is 4.45. The van der Waals surface area contributed by atoms with E-state index in [0.29, 0.717) is 5.56 Å². The number of ether oxygens (including phenoxy) is 1. The molecule has 29 heavy (non-hydrogen) atoms. The van der Waals surface area contributed by atoms with Gasteiger partial charge in [0.15, 0.2) is 5.69 Å². The average molecular weight is 397 g/mol. The van der Waals surface area contributed by atoms with Crippen molar-refractivity contribution in [3.8, 4) is 11.6 Å². The number of aryl methyl sites for hydroxylation is 1. The second-order valence-corrected chi connectivity index (χ2v) is 6.42. The Hall–Kier alpha value is -3.68. The van der Waals surface area contributed by atoms with Crippen molar-refractivity contribution in [2.24, 2.45) is 0 Å². The van der Waals surface area contributed by atoms with Gasteiger partial charge in [0.25, 0.3) is 5.91 Å². The number of hydrogen-bond acceptors (Lipinski definition) is 4. The molecule has 3 aromatic rings. The number of nitrogens with zero attached hydrogens (tertiary/aromatic N) is 2. The number of rotatable bonds is 7. The van der Waals surface area contributed by atoms with Crippen molar-refractivity contribution in [2.45, 2.75) is 19.4 Å². The van der Waals surface area contributed by atoms with Crippen LogP contribution >= 0.6 is 0 Å². The minimum atomic E-state index is -1.05. The molecular weight excluding hydrogens is 377 g/mol. The highest BCUT2D eigenvalue weighted by molar-refractivity contribution is 5.93. The van der Waals surface area contributed by atoms with Gasteiger partial charge in [-0.3, -0.25) is 9.59 Å². The first-order valence-electron chi connectivity index (χ1n) is 8.88. The van der Waals surface area contributed by atoms with Gasteiger partial charge in [0.1, 0.15) is 11.5 Å². The summed E-state index contributed by atoms with van der Waals surface area (Å²) < 4.78 is 20.5. The topological polar surface area (TPSA) is 93.4 Å². The predicted octanol–water partition coefficient (Wildman–Crippen LogP) is 3.27. The molecule has 0 saturated heterocycles. The molecule has 7 nitrogen and oxygen atoms in total. The molecule has 3 rings (SSSR count). The van der Waals surface area contributed by atoms with Gasteiger partial charge in [0, 0.05) is 6.07 Å². The van der Waals surface area contributed by atoms with Crippen LogP contribution in [0.15, 0.2) is 54.6 Å². The van der Waals surface area contributed by atoms with Crippen LogP contribution in [0.25, 0.3) is 5.69 Å². The number of nitrogens with one attached hydrogen (secondary N) is 1. The number of amides is 1. The number of benzene rings is 2. The monoisotopic (exact) mass is 397 g/mol. The van der Waals surface area contributed by atoms with Crippen LogP contribution in [0, 0.1) is 12.7 Å². The Morgan fingerprint density at radius 3 is 2.55 bits per heavy atom. The van der Waals surface area contributed by atoms with Crippen molar-refractivity contribution in [3.05, 3.63) is 77.2 Å². The molecule has 0 saturated carbocycles. The summed E-state index contributed by atoms with van der Waals surface area (Å²) in [5, 5.41) is 16.1. The molecule has 2 N–H and O–H groups in total. The Balaban J connectivity index is 1.92. The fourth-order valence-corrected chi connectivity index (χ4v) is 3.04. The highest BCUT2D eigenvalue weighted by Crippen LogP contribution is 2.24. The van der Waals surface area contributed by atoms with E-state index < -0.39 is 23.7 Å². The first-order valence-corrected chi connectivity index (χ1v) is 8.88. The van der Waals surface area contributed by atoms with Crippen LogP contribution in [0.4, 0.5) is 4.39 Å². The third-order valence-corrected chi connectivity index (χ3v) is 4.45. The zero-order valence-corrected chi connectivity index (χ0v) is 15.9. The van der Waals surface area contributed by atoms with Crippen LogP contribution in [-0.2, 0) is 4.79 Å². The lowest BCUT2D eigenvalue weighted by atomic mass is 9.98. The summed E-state index contributed by atoms with van der Waals surface area (Å²) in [6, 6.07) is 13.8. The zero-order valence-electron chi connectivity index (χ0n) is 15.9. The number of carbonyl (C=O) groups is 2. The molecule has 0 aliphatic rings. The fraction of sp³-hybridized carbons (Fsp3) is 0.190. The number of halogens is 1. The Bertz CT molecular complexity index is 1050. The number of methoxy groups -OCH3 is 1. The third kappa shape index (κ3) is 4.43. The van der Waals surface area contributed by atoms with Crippen molar-refractivity contribution in [2.75, 3.05) is 7.11 Å². The molecule has 2 aromatic carbocycles. The summed E-state index contributed by atoms with van der Waals surface area (Å²) in [6.45, 7) is 1.84. The Labute approximate surface area is 166 Å². The van der Waals surface area contributed by atoms with E-state index in [0.717, 1.165) is 5.56 Å². The van der Waals surface area contributed by atoms with Crippen molar-refractivity contribution < 1.29 is 23.8 Å². The summed E-state index contributed by atoms with van der Waals surface area (Å²) in [4.78, 5) is 24.1. The van der Waals surface area contributed by atoms with E-state index in [4.69, 9.17) is 4.74 Å². The lowest BCUT2D eigenvalue weighted by Crippen LogP contribution is -2.31. The minimum Gasteiger partial charge on any atom is -0.481 e. The summed E-state index contributed by atoms with van der Waals surface area (Å²) >= 11 is 0. The Morgan fingerprint density at radius 2 is 1.90 bits per heavy atom. The van der Waals surface area contributed by atoms with Crippen molar-refractivity contribution >= 4 is 11.9 Å². The number of carboxylic acid groups (broad SMARTS) is 1. The first kappa shape index (κ1) is 20.1. The van der Waals surface area contributed by atoms with Crippen LogP contribution < -0.4 is 10.1 Å². The van der Waals surface area contributed by atoms with Gasteiger partial charge in [-0.1, -0.05) is 36.4 Å². The van der Waals surface area contributed by atoms with E-state index in [-0.39, 0.29) is 23.7 Å². The van der Waals surface area contributed by atoms with Gasteiger partial charge >= 0.3 is 5.97 Å². The molecule has 150 valence electrons. The molecule has 1 aromatic heterocycles. The van der Waals surface area contributed by atoms with Crippen LogP contribution in [0.5, 0.6) is 5.88 Å².